The Morgan fingerprint density at radius 3 is 2.67 bits per heavy atom. The fourth-order valence-electron chi connectivity index (χ4n) is 1.38. The monoisotopic (exact) mass is 311 g/mol. The number of halogens is 2. The fraction of sp³-hybridized carbons (Fsp3) is 0.154. The van der Waals surface area contributed by atoms with Gasteiger partial charge in [0, 0.05) is 4.47 Å². The van der Waals surface area contributed by atoms with Crippen LogP contribution in [0.2, 0.25) is 0 Å². The van der Waals surface area contributed by atoms with Crippen LogP contribution in [0.15, 0.2) is 41.0 Å². The third kappa shape index (κ3) is 3.05. The molecule has 1 N–H and O–H groups in total. The number of aliphatic hydroxyl groups excluding tert-OH is 1. The predicted molar refractivity (Wildman–Crippen MR) is 69.0 cm³/mol. The summed E-state index contributed by atoms with van der Waals surface area (Å²) in [6.07, 6.45) is 0.812. The normalized spacial score (nSPS) is 12.2. The van der Waals surface area contributed by atoms with Crippen molar-refractivity contribution < 1.29 is 14.2 Å². The maximum Gasteiger partial charge on any atom is 0.166 e. The van der Waals surface area contributed by atoms with Gasteiger partial charge in [-0.3, -0.25) is 4.98 Å². The molecule has 5 heteroatoms. The second-order valence-electron chi connectivity index (χ2n) is 3.77. The second kappa shape index (κ2) is 5.46. The average molecular weight is 312 g/mol. The van der Waals surface area contributed by atoms with Gasteiger partial charge in [0.1, 0.15) is 5.75 Å². The zero-order valence-corrected chi connectivity index (χ0v) is 11.2. The highest BCUT2D eigenvalue weighted by molar-refractivity contribution is 9.10. The Labute approximate surface area is 112 Å². The van der Waals surface area contributed by atoms with Crippen LogP contribution in [-0.4, -0.2) is 10.1 Å². The van der Waals surface area contributed by atoms with Crippen molar-refractivity contribution in [1.82, 2.24) is 4.98 Å². The molecule has 0 bridgehead atoms. The summed E-state index contributed by atoms with van der Waals surface area (Å²) in [5.74, 6) is 0.0920. The van der Waals surface area contributed by atoms with Crippen molar-refractivity contribution in [2.45, 2.75) is 13.0 Å². The van der Waals surface area contributed by atoms with Gasteiger partial charge in [-0.05, 0) is 37.3 Å². The van der Waals surface area contributed by atoms with Gasteiger partial charge in [0.05, 0.1) is 18.0 Å². The summed E-state index contributed by atoms with van der Waals surface area (Å²) in [7, 11) is 0. The number of rotatable bonds is 3. The standard InChI is InChI=1S/C13H11BrFNO2/c1-8(17)12-4-3-10(7-16-12)18-13-5-2-9(14)6-11(13)15/h2-8,17H,1H3/t8-/m0/s1. The summed E-state index contributed by atoms with van der Waals surface area (Å²) in [4.78, 5) is 4.01. The van der Waals surface area contributed by atoms with Gasteiger partial charge >= 0.3 is 0 Å². The SMILES string of the molecule is C[C@H](O)c1ccc(Oc2ccc(Br)cc2F)cn1. The maximum atomic E-state index is 13.5. The van der Waals surface area contributed by atoms with Crippen molar-refractivity contribution in [3.8, 4) is 11.5 Å². The molecular weight excluding hydrogens is 301 g/mol. The minimum absolute atomic E-state index is 0.129. The summed E-state index contributed by atoms with van der Waals surface area (Å²) >= 11 is 3.17. The first-order valence-corrected chi connectivity index (χ1v) is 6.12. The highest BCUT2D eigenvalue weighted by atomic mass is 79.9. The predicted octanol–water partition coefficient (Wildman–Crippen LogP) is 3.83. The summed E-state index contributed by atoms with van der Waals surface area (Å²) < 4.78 is 19.5. The van der Waals surface area contributed by atoms with E-state index < -0.39 is 11.9 Å². The highest BCUT2D eigenvalue weighted by Crippen LogP contribution is 2.26. The zero-order chi connectivity index (χ0) is 13.1. The van der Waals surface area contributed by atoms with Crippen LogP contribution in [-0.2, 0) is 0 Å². The van der Waals surface area contributed by atoms with Crippen LogP contribution in [0.5, 0.6) is 11.5 Å². The Hall–Kier alpha value is -1.46. The summed E-state index contributed by atoms with van der Waals surface area (Å²) in [6.45, 7) is 1.62. The number of pyridine rings is 1. The van der Waals surface area contributed by atoms with Crippen LogP contribution in [0.4, 0.5) is 4.39 Å². The van der Waals surface area contributed by atoms with E-state index in [9.17, 15) is 9.50 Å². The van der Waals surface area contributed by atoms with E-state index in [2.05, 4.69) is 20.9 Å². The lowest BCUT2D eigenvalue weighted by molar-refractivity contribution is 0.194. The number of benzene rings is 1. The zero-order valence-electron chi connectivity index (χ0n) is 9.60. The second-order valence-corrected chi connectivity index (χ2v) is 4.69. The topological polar surface area (TPSA) is 42.4 Å². The van der Waals surface area contributed by atoms with Gasteiger partial charge in [-0.15, -0.1) is 0 Å². The molecule has 0 fully saturated rings. The number of hydrogen-bond donors (Lipinski definition) is 1. The minimum atomic E-state index is -0.636. The molecule has 18 heavy (non-hydrogen) atoms. The number of hydrogen-bond acceptors (Lipinski definition) is 3. The van der Waals surface area contributed by atoms with Gasteiger partial charge in [-0.25, -0.2) is 4.39 Å². The van der Waals surface area contributed by atoms with Crippen molar-refractivity contribution >= 4 is 15.9 Å². The van der Waals surface area contributed by atoms with Gasteiger partial charge in [0.15, 0.2) is 11.6 Å². The molecule has 0 spiro atoms. The van der Waals surface area contributed by atoms with E-state index >= 15 is 0 Å². The molecule has 0 amide bonds. The van der Waals surface area contributed by atoms with Gasteiger partial charge in [-0.1, -0.05) is 15.9 Å². The lowest BCUT2D eigenvalue weighted by Gasteiger charge is -2.08. The molecule has 0 saturated heterocycles. The smallest absolute Gasteiger partial charge is 0.166 e. The number of aliphatic hydroxyl groups is 1. The maximum absolute atomic E-state index is 13.5. The Bertz CT molecular complexity index is 543. The molecule has 0 saturated carbocycles. The van der Waals surface area contributed by atoms with Crippen LogP contribution in [0.25, 0.3) is 0 Å². The molecule has 3 nitrogen and oxygen atoms in total. The molecule has 1 heterocycles. The summed E-state index contributed by atoms with van der Waals surface area (Å²) in [5.41, 5.74) is 0.540. The molecule has 2 rings (SSSR count). The summed E-state index contributed by atoms with van der Waals surface area (Å²) in [5, 5.41) is 9.31. The molecule has 1 aromatic heterocycles. The number of nitrogens with zero attached hydrogens (tertiary/aromatic N) is 1. The molecular formula is C13H11BrFNO2. The van der Waals surface area contributed by atoms with Crippen LogP contribution in [0.1, 0.15) is 18.7 Å². The van der Waals surface area contributed by atoms with Crippen LogP contribution >= 0.6 is 15.9 Å². The van der Waals surface area contributed by atoms with Crippen molar-refractivity contribution in [3.63, 3.8) is 0 Å². The molecule has 0 aliphatic carbocycles. The lowest BCUT2D eigenvalue weighted by Crippen LogP contribution is -1.95. The van der Waals surface area contributed by atoms with Gasteiger partial charge < -0.3 is 9.84 Å². The van der Waals surface area contributed by atoms with E-state index in [4.69, 9.17) is 4.74 Å². The largest absolute Gasteiger partial charge is 0.453 e. The Kier molecular flexibility index (Phi) is 3.93. The van der Waals surface area contributed by atoms with E-state index in [1.54, 1.807) is 25.1 Å². The third-order valence-corrected chi connectivity index (χ3v) is 2.80. The van der Waals surface area contributed by atoms with Gasteiger partial charge in [0.25, 0.3) is 0 Å². The molecule has 0 aliphatic heterocycles. The fourth-order valence-corrected chi connectivity index (χ4v) is 1.72. The van der Waals surface area contributed by atoms with Gasteiger partial charge in [0.2, 0.25) is 0 Å². The molecule has 0 unspecified atom stereocenters. The van der Waals surface area contributed by atoms with E-state index in [0.29, 0.717) is 15.9 Å². The first kappa shape index (κ1) is 13.0. The van der Waals surface area contributed by atoms with Gasteiger partial charge in [-0.2, -0.15) is 0 Å². The molecule has 94 valence electrons. The number of ether oxygens (including phenoxy) is 1. The van der Waals surface area contributed by atoms with E-state index in [-0.39, 0.29) is 5.75 Å². The summed E-state index contributed by atoms with van der Waals surface area (Å²) in [6, 6.07) is 7.82. The van der Waals surface area contributed by atoms with Crippen molar-refractivity contribution in [1.29, 1.82) is 0 Å². The Balaban J connectivity index is 2.18. The van der Waals surface area contributed by atoms with Crippen LogP contribution < -0.4 is 4.74 Å². The Morgan fingerprint density at radius 1 is 1.33 bits per heavy atom. The van der Waals surface area contributed by atoms with Crippen molar-refractivity contribution in [3.05, 3.63) is 52.5 Å². The molecule has 0 aliphatic rings. The number of aromatic nitrogens is 1. The molecule has 2 aromatic rings. The van der Waals surface area contributed by atoms with E-state index in [1.807, 2.05) is 0 Å². The molecule has 0 radical (unpaired) electrons. The molecule has 1 aromatic carbocycles. The van der Waals surface area contributed by atoms with Crippen LogP contribution in [0, 0.1) is 5.82 Å². The molecule has 1 atom stereocenters. The minimum Gasteiger partial charge on any atom is -0.453 e. The highest BCUT2D eigenvalue weighted by Gasteiger charge is 2.07. The quantitative estimate of drug-likeness (QED) is 0.936. The first-order chi connectivity index (χ1) is 8.56. The third-order valence-electron chi connectivity index (χ3n) is 2.31. The average Bonchev–Trinajstić information content (AvgIpc) is 2.33. The Morgan fingerprint density at radius 2 is 2.11 bits per heavy atom. The lowest BCUT2D eigenvalue weighted by atomic mass is 10.2. The van der Waals surface area contributed by atoms with E-state index in [0.717, 1.165) is 0 Å². The van der Waals surface area contributed by atoms with Crippen molar-refractivity contribution in [2.75, 3.05) is 0 Å². The van der Waals surface area contributed by atoms with Crippen LogP contribution in [0.3, 0.4) is 0 Å². The van der Waals surface area contributed by atoms with Crippen molar-refractivity contribution in [2.24, 2.45) is 0 Å². The first-order valence-electron chi connectivity index (χ1n) is 5.33. The van der Waals surface area contributed by atoms with E-state index in [1.165, 1.54) is 18.3 Å².